The van der Waals surface area contributed by atoms with Crippen LogP contribution in [0.25, 0.3) is 0 Å². The SMILES string of the molecule is CSCCC(NC(=O)C(N)Cc1cnc[nH]1)C(=O)NC(CCCCN)C(=O)NC(C)C(=O)O. The van der Waals surface area contributed by atoms with Crippen molar-refractivity contribution in [3.05, 3.63) is 18.2 Å². The molecule has 1 aromatic rings. The Morgan fingerprint density at radius 2 is 1.73 bits per heavy atom. The zero-order valence-corrected chi connectivity index (χ0v) is 19.8. The minimum absolute atomic E-state index is 0.222. The number of aromatic nitrogens is 2. The molecule has 0 saturated carbocycles. The third kappa shape index (κ3) is 10.7. The zero-order chi connectivity index (χ0) is 24.8. The average molecular weight is 486 g/mol. The van der Waals surface area contributed by atoms with Crippen LogP contribution in [0.15, 0.2) is 12.5 Å². The van der Waals surface area contributed by atoms with E-state index >= 15 is 0 Å². The summed E-state index contributed by atoms with van der Waals surface area (Å²) in [6.07, 6.45) is 6.96. The van der Waals surface area contributed by atoms with Gasteiger partial charge in [-0.15, -0.1) is 0 Å². The van der Waals surface area contributed by atoms with Crippen LogP contribution in [-0.2, 0) is 25.6 Å². The number of thioether (sulfide) groups is 1. The minimum atomic E-state index is -1.19. The van der Waals surface area contributed by atoms with Crippen molar-refractivity contribution >= 4 is 35.5 Å². The highest BCUT2D eigenvalue weighted by Gasteiger charge is 2.29. The molecule has 0 bridgehead atoms. The highest BCUT2D eigenvalue weighted by molar-refractivity contribution is 7.98. The largest absolute Gasteiger partial charge is 0.480 e. The van der Waals surface area contributed by atoms with Crippen molar-refractivity contribution in [3.63, 3.8) is 0 Å². The van der Waals surface area contributed by atoms with E-state index in [0.717, 1.165) is 0 Å². The average Bonchev–Trinajstić information content (AvgIpc) is 3.28. The van der Waals surface area contributed by atoms with Crippen LogP contribution >= 0.6 is 11.8 Å². The Morgan fingerprint density at radius 3 is 2.30 bits per heavy atom. The predicted octanol–water partition coefficient (Wildman–Crippen LogP) is -1.28. The first-order valence-electron chi connectivity index (χ1n) is 10.7. The maximum Gasteiger partial charge on any atom is 0.325 e. The van der Waals surface area contributed by atoms with Crippen LogP contribution in [0.1, 0.15) is 38.3 Å². The lowest BCUT2D eigenvalue weighted by Gasteiger charge is -2.24. The number of nitrogens with one attached hydrogen (secondary N) is 4. The smallest absolute Gasteiger partial charge is 0.325 e. The molecule has 186 valence electrons. The van der Waals surface area contributed by atoms with Gasteiger partial charge in [-0.05, 0) is 51.2 Å². The molecule has 3 amide bonds. The third-order valence-electron chi connectivity index (χ3n) is 4.88. The lowest BCUT2D eigenvalue weighted by atomic mass is 10.1. The maximum absolute atomic E-state index is 13.0. The number of carbonyl (C=O) groups excluding carboxylic acids is 3. The minimum Gasteiger partial charge on any atom is -0.480 e. The number of carboxylic acids is 1. The number of hydrogen-bond acceptors (Lipinski definition) is 8. The molecule has 0 aliphatic carbocycles. The molecule has 0 aliphatic heterocycles. The molecule has 4 unspecified atom stereocenters. The second kappa shape index (κ2) is 15.2. The van der Waals surface area contributed by atoms with E-state index in [1.54, 1.807) is 6.20 Å². The second-order valence-electron chi connectivity index (χ2n) is 7.64. The highest BCUT2D eigenvalue weighted by Crippen LogP contribution is 2.06. The number of H-pyrrole nitrogens is 1. The van der Waals surface area contributed by atoms with Crippen molar-refractivity contribution < 1.29 is 24.3 Å². The van der Waals surface area contributed by atoms with E-state index in [9.17, 15) is 19.2 Å². The molecule has 0 saturated heterocycles. The summed E-state index contributed by atoms with van der Waals surface area (Å²) >= 11 is 1.51. The Hall–Kier alpha value is -2.64. The first kappa shape index (κ1) is 28.4. The molecule has 1 rings (SSSR count). The molecule has 0 spiro atoms. The normalized spacial score (nSPS) is 14.5. The van der Waals surface area contributed by atoms with E-state index in [0.29, 0.717) is 37.3 Å². The van der Waals surface area contributed by atoms with E-state index < -0.39 is 47.9 Å². The summed E-state index contributed by atoms with van der Waals surface area (Å²) in [4.78, 5) is 56.0. The Morgan fingerprint density at radius 1 is 1.09 bits per heavy atom. The fourth-order valence-electron chi connectivity index (χ4n) is 2.92. The molecule has 0 radical (unpaired) electrons. The fraction of sp³-hybridized carbons (Fsp3) is 0.650. The van der Waals surface area contributed by atoms with Gasteiger partial charge < -0.3 is 37.5 Å². The molecular weight excluding hydrogens is 450 g/mol. The van der Waals surface area contributed by atoms with E-state index in [2.05, 4.69) is 25.9 Å². The van der Waals surface area contributed by atoms with Crippen LogP contribution in [0.2, 0.25) is 0 Å². The monoisotopic (exact) mass is 485 g/mol. The Balaban J connectivity index is 2.85. The van der Waals surface area contributed by atoms with Crippen molar-refractivity contribution in [1.29, 1.82) is 0 Å². The molecule has 33 heavy (non-hydrogen) atoms. The van der Waals surface area contributed by atoms with E-state index in [1.807, 2.05) is 6.26 Å². The van der Waals surface area contributed by atoms with Crippen LogP contribution in [0.5, 0.6) is 0 Å². The number of nitrogens with zero attached hydrogens (tertiary/aromatic N) is 1. The van der Waals surface area contributed by atoms with Crippen molar-refractivity contribution in [2.75, 3.05) is 18.6 Å². The van der Waals surface area contributed by atoms with Crippen LogP contribution in [0.4, 0.5) is 0 Å². The number of hydrogen-bond donors (Lipinski definition) is 7. The molecule has 12 nitrogen and oxygen atoms in total. The number of carbonyl (C=O) groups is 4. The first-order chi connectivity index (χ1) is 15.7. The van der Waals surface area contributed by atoms with Gasteiger partial charge in [0.15, 0.2) is 0 Å². The predicted molar refractivity (Wildman–Crippen MR) is 125 cm³/mol. The zero-order valence-electron chi connectivity index (χ0n) is 19.0. The van der Waals surface area contributed by atoms with Crippen molar-refractivity contribution in [2.24, 2.45) is 11.5 Å². The Labute approximate surface area is 197 Å². The van der Waals surface area contributed by atoms with Crippen molar-refractivity contribution in [1.82, 2.24) is 25.9 Å². The van der Waals surface area contributed by atoms with Gasteiger partial charge in [-0.25, -0.2) is 4.98 Å². The lowest BCUT2D eigenvalue weighted by molar-refractivity contribution is -0.141. The number of unbranched alkanes of at least 4 members (excludes halogenated alkanes) is 1. The highest BCUT2D eigenvalue weighted by atomic mass is 32.2. The summed E-state index contributed by atoms with van der Waals surface area (Å²) in [6, 6.07) is -3.87. The molecule has 0 aliphatic rings. The van der Waals surface area contributed by atoms with E-state index in [1.165, 1.54) is 25.0 Å². The van der Waals surface area contributed by atoms with E-state index in [4.69, 9.17) is 16.6 Å². The van der Waals surface area contributed by atoms with E-state index in [-0.39, 0.29) is 12.8 Å². The van der Waals surface area contributed by atoms with Crippen LogP contribution < -0.4 is 27.4 Å². The van der Waals surface area contributed by atoms with Gasteiger partial charge in [-0.3, -0.25) is 19.2 Å². The maximum atomic E-state index is 13.0. The summed E-state index contributed by atoms with van der Waals surface area (Å²) < 4.78 is 0. The third-order valence-corrected chi connectivity index (χ3v) is 5.53. The molecule has 0 fully saturated rings. The number of carboxylic acid groups (broad SMARTS) is 1. The van der Waals surface area contributed by atoms with Gasteiger partial charge in [-0.2, -0.15) is 11.8 Å². The Bertz CT molecular complexity index is 762. The van der Waals surface area contributed by atoms with Gasteiger partial charge in [0.05, 0.1) is 12.4 Å². The summed E-state index contributed by atoms with van der Waals surface area (Å²) in [6.45, 7) is 1.76. The summed E-state index contributed by atoms with van der Waals surface area (Å²) in [5.74, 6) is -2.25. The number of aromatic amines is 1. The van der Waals surface area contributed by atoms with Crippen LogP contribution in [0.3, 0.4) is 0 Å². The van der Waals surface area contributed by atoms with Crippen molar-refractivity contribution in [3.8, 4) is 0 Å². The van der Waals surface area contributed by atoms with Gasteiger partial charge in [0.2, 0.25) is 17.7 Å². The second-order valence-corrected chi connectivity index (χ2v) is 8.63. The molecule has 1 aromatic heterocycles. The number of aliphatic carboxylic acids is 1. The molecule has 13 heteroatoms. The number of rotatable bonds is 16. The van der Waals surface area contributed by atoms with Gasteiger partial charge in [0.1, 0.15) is 18.1 Å². The molecule has 0 aromatic carbocycles. The van der Waals surface area contributed by atoms with Gasteiger partial charge >= 0.3 is 5.97 Å². The summed E-state index contributed by atoms with van der Waals surface area (Å²) in [5.41, 5.74) is 12.2. The fourth-order valence-corrected chi connectivity index (χ4v) is 3.39. The quantitative estimate of drug-likeness (QED) is 0.139. The standard InChI is InChI=1S/C20H35N7O5S/c1-12(20(31)32)25-18(29)15(5-3-4-7-21)27-19(30)16(6-8-33-2)26-17(28)14(22)9-13-10-23-11-24-13/h10-12,14-16H,3-9,21-22H2,1-2H3,(H,23,24)(H,25,29)(H,26,28)(H,27,30)(H,31,32). The molecular formula is C20H35N7O5S. The number of imidazole rings is 1. The van der Waals surface area contributed by atoms with Crippen molar-refractivity contribution in [2.45, 2.75) is 63.2 Å². The molecule has 1 heterocycles. The van der Waals surface area contributed by atoms with Gasteiger partial charge in [-0.1, -0.05) is 0 Å². The molecule has 4 atom stereocenters. The molecule has 9 N–H and O–H groups in total. The number of amides is 3. The lowest BCUT2D eigenvalue weighted by Crippen LogP contribution is -2.57. The van der Waals surface area contributed by atoms with Gasteiger partial charge in [0, 0.05) is 18.3 Å². The summed E-state index contributed by atoms with van der Waals surface area (Å²) in [5, 5.41) is 16.7. The van der Waals surface area contributed by atoms with Crippen LogP contribution in [-0.4, -0.2) is 81.5 Å². The Kier molecular flexibility index (Phi) is 13.1. The number of nitrogens with two attached hydrogens (primary N) is 2. The topological polar surface area (TPSA) is 205 Å². The summed E-state index contributed by atoms with van der Waals surface area (Å²) in [7, 11) is 0. The van der Waals surface area contributed by atoms with Gasteiger partial charge in [0.25, 0.3) is 0 Å². The van der Waals surface area contributed by atoms with Crippen LogP contribution in [0, 0.1) is 0 Å². The first-order valence-corrected chi connectivity index (χ1v) is 12.1.